The first-order chi connectivity index (χ1) is 8.99. The van der Waals surface area contributed by atoms with Crippen molar-refractivity contribution in [3.8, 4) is 5.75 Å². The van der Waals surface area contributed by atoms with Crippen LogP contribution in [0.25, 0.3) is 0 Å². The third kappa shape index (κ3) is 2.96. The number of benzene rings is 2. The van der Waals surface area contributed by atoms with Gasteiger partial charge in [0.05, 0.1) is 10.0 Å². The van der Waals surface area contributed by atoms with Crippen LogP contribution in [0.1, 0.15) is 5.56 Å². The van der Waals surface area contributed by atoms with Crippen molar-refractivity contribution >= 4 is 27.8 Å². The van der Waals surface area contributed by atoms with Crippen LogP contribution in [0, 0.1) is 17.5 Å². The van der Waals surface area contributed by atoms with Gasteiger partial charge in [-0.3, -0.25) is 4.99 Å². The molecule has 0 amide bonds. The standard InChI is InChI=1S/C13H7BrF3NO/c14-8-4-12(13(19)5-11(8)17)18-6-7-9(15)2-1-3-10(7)16/h1-6,19H/b18-6+. The van der Waals surface area contributed by atoms with Gasteiger partial charge in [-0.2, -0.15) is 0 Å². The number of nitrogens with zero attached hydrogens (tertiary/aromatic N) is 1. The van der Waals surface area contributed by atoms with E-state index in [0.29, 0.717) is 0 Å². The molecule has 2 aromatic rings. The fourth-order valence-corrected chi connectivity index (χ4v) is 1.73. The van der Waals surface area contributed by atoms with Gasteiger partial charge in [-0.1, -0.05) is 6.07 Å². The van der Waals surface area contributed by atoms with Crippen molar-refractivity contribution in [2.75, 3.05) is 0 Å². The summed E-state index contributed by atoms with van der Waals surface area (Å²) < 4.78 is 39.8. The minimum Gasteiger partial charge on any atom is -0.506 e. The van der Waals surface area contributed by atoms with Crippen LogP contribution in [0.3, 0.4) is 0 Å². The van der Waals surface area contributed by atoms with Crippen LogP contribution in [0.15, 0.2) is 39.8 Å². The number of aromatic hydroxyl groups is 1. The highest BCUT2D eigenvalue weighted by molar-refractivity contribution is 9.10. The van der Waals surface area contributed by atoms with Crippen molar-refractivity contribution in [3.63, 3.8) is 0 Å². The highest BCUT2D eigenvalue weighted by atomic mass is 79.9. The van der Waals surface area contributed by atoms with E-state index in [1.54, 1.807) is 0 Å². The van der Waals surface area contributed by atoms with Crippen LogP contribution in [-0.2, 0) is 0 Å². The van der Waals surface area contributed by atoms with Crippen molar-refractivity contribution < 1.29 is 18.3 Å². The van der Waals surface area contributed by atoms with Gasteiger partial charge in [-0.25, -0.2) is 13.2 Å². The summed E-state index contributed by atoms with van der Waals surface area (Å²) in [6.45, 7) is 0. The van der Waals surface area contributed by atoms with Gasteiger partial charge in [0.2, 0.25) is 0 Å². The topological polar surface area (TPSA) is 32.6 Å². The number of hydrogen-bond donors (Lipinski definition) is 1. The van der Waals surface area contributed by atoms with E-state index < -0.39 is 23.2 Å². The summed E-state index contributed by atoms with van der Waals surface area (Å²) in [5.74, 6) is -2.63. The lowest BCUT2D eigenvalue weighted by Gasteiger charge is -2.02. The number of phenols is 1. The number of rotatable bonds is 2. The Bertz CT molecular complexity index is 638. The Morgan fingerprint density at radius 2 is 1.68 bits per heavy atom. The molecule has 6 heteroatoms. The molecule has 2 nitrogen and oxygen atoms in total. The summed E-state index contributed by atoms with van der Waals surface area (Å²) in [4.78, 5) is 3.75. The molecule has 0 fully saturated rings. The minimum atomic E-state index is -0.774. The Hall–Kier alpha value is -1.82. The van der Waals surface area contributed by atoms with Gasteiger partial charge in [-0.15, -0.1) is 0 Å². The van der Waals surface area contributed by atoms with Crippen molar-refractivity contribution in [2.45, 2.75) is 0 Å². The zero-order chi connectivity index (χ0) is 14.0. The fourth-order valence-electron chi connectivity index (χ4n) is 1.40. The van der Waals surface area contributed by atoms with Gasteiger partial charge in [0.25, 0.3) is 0 Å². The third-order valence-corrected chi connectivity index (χ3v) is 2.96. The second-order valence-electron chi connectivity index (χ2n) is 3.65. The molecule has 1 N–H and O–H groups in total. The first-order valence-corrected chi connectivity index (χ1v) is 5.94. The predicted octanol–water partition coefficient (Wildman–Crippen LogP) is 4.32. The average molecular weight is 330 g/mol. The summed E-state index contributed by atoms with van der Waals surface area (Å²) in [6.07, 6.45) is 0.935. The molecule has 0 atom stereocenters. The second-order valence-corrected chi connectivity index (χ2v) is 4.50. The molecular weight excluding hydrogens is 323 g/mol. The summed E-state index contributed by atoms with van der Waals surface area (Å²) in [6, 6.07) is 5.47. The second kappa shape index (κ2) is 5.44. The minimum absolute atomic E-state index is 0.00377. The maximum atomic E-state index is 13.3. The van der Waals surface area contributed by atoms with Gasteiger partial charge >= 0.3 is 0 Å². The molecule has 2 aromatic carbocycles. The van der Waals surface area contributed by atoms with E-state index in [1.165, 1.54) is 12.1 Å². The average Bonchev–Trinajstić information content (AvgIpc) is 2.34. The molecule has 0 aliphatic heterocycles. The molecule has 0 aliphatic carbocycles. The maximum absolute atomic E-state index is 13.3. The third-order valence-electron chi connectivity index (χ3n) is 2.35. The SMILES string of the molecule is Oc1cc(F)c(Br)cc1/N=C/c1c(F)cccc1F. The summed E-state index contributed by atoms with van der Waals surface area (Å²) in [7, 11) is 0. The van der Waals surface area contributed by atoms with Crippen molar-refractivity contribution in [1.82, 2.24) is 0 Å². The van der Waals surface area contributed by atoms with Crippen LogP contribution >= 0.6 is 15.9 Å². The van der Waals surface area contributed by atoms with Gasteiger partial charge in [0.1, 0.15) is 28.9 Å². The molecule has 98 valence electrons. The molecule has 0 aliphatic rings. The molecule has 19 heavy (non-hydrogen) atoms. The first kappa shape index (κ1) is 13.6. The summed E-state index contributed by atoms with van der Waals surface area (Å²) in [5.41, 5.74) is -0.335. The predicted molar refractivity (Wildman–Crippen MR) is 69.4 cm³/mol. The Balaban J connectivity index is 2.41. The van der Waals surface area contributed by atoms with E-state index in [1.807, 2.05) is 0 Å². The monoisotopic (exact) mass is 329 g/mol. The Labute approximate surface area is 115 Å². The van der Waals surface area contributed by atoms with Gasteiger partial charge in [0.15, 0.2) is 0 Å². The molecule has 0 saturated heterocycles. The van der Waals surface area contributed by atoms with Crippen molar-refractivity contribution in [3.05, 3.63) is 57.8 Å². The van der Waals surface area contributed by atoms with Crippen LogP contribution in [0.5, 0.6) is 5.75 Å². The highest BCUT2D eigenvalue weighted by Crippen LogP contribution is 2.32. The fraction of sp³-hybridized carbons (Fsp3) is 0. The normalized spacial score (nSPS) is 11.2. The van der Waals surface area contributed by atoms with E-state index in [2.05, 4.69) is 20.9 Å². The largest absolute Gasteiger partial charge is 0.506 e. The summed E-state index contributed by atoms with van der Waals surface area (Å²) >= 11 is 2.93. The molecule has 0 unspecified atom stereocenters. The lowest BCUT2D eigenvalue weighted by molar-refractivity contribution is 0.470. The van der Waals surface area contributed by atoms with Crippen molar-refractivity contribution in [2.24, 2.45) is 4.99 Å². The van der Waals surface area contributed by atoms with Gasteiger partial charge in [0, 0.05) is 12.3 Å². The number of aliphatic imine (C=N–C) groups is 1. The Kier molecular flexibility index (Phi) is 3.90. The first-order valence-electron chi connectivity index (χ1n) is 5.15. The van der Waals surface area contributed by atoms with Gasteiger partial charge in [-0.05, 0) is 34.1 Å². The van der Waals surface area contributed by atoms with Gasteiger partial charge < -0.3 is 5.11 Å². The number of halogens is 4. The Morgan fingerprint density at radius 3 is 2.32 bits per heavy atom. The van der Waals surface area contributed by atoms with Crippen LogP contribution < -0.4 is 0 Å². The molecule has 0 aromatic heterocycles. The lowest BCUT2D eigenvalue weighted by atomic mass is 10.2. The van der Waals surface area contributed by atoms with Crippen LogP contribution in [0.2, 0.25) is 0 Å². The van der Waals surface area contributed by atoms with E-state index in [0.717, 1.165) is 24.4 Å². The zero-order valence-electron chi connectivity index (χ0n) is 9.37. The van der Waals surface area contributed by atoms with E-state index >= 15 is 0 Å². The van der Waals surface area contributed by atoms with Crippen LogP contribution in [-0.4, -0.2) is 11.3 Å². The summed E-state index contributed by atoms with van der Waals surface area (Å²) in [5, 5.41) is 9.47. The molecule has 0 bridgehead atoms. The van der Waals surface area contributed by atoms with E-state index in [9.17, 15) is 18.3 Å². The number of phenolic OH excluding ortho intramolecular Hbond substituents is 1. The molecule has 0 radical (unpaired) electrons. The van der Waals surface area contributed by atoms with E-state index in [4.69, 9.17) is 0 Å². The highest BCUT2D eigenvalue weighted by Gasteiger charge is 2.08. The smallest absolute Gasteiger partial charge is 0.144 e. The lowest BCUT2D eigenvalue weighted by Crippen LogP contribution is -1.92. The number of hydrogen-bond acceptors (Lipinski definition) is 2. The molecule has 0 spiro atoms. The molecule has 0 heterocycles. The molecular formula is C13H7BrF3NO. The molecule has 2 rings (SSSR count). The van der Waals surface area contributed by atoms with Crippen molar-refractivity contribution in [1.29, 1.82) is 0 Å². The quantitative estimate of drug-likeness (QED) is 0.817. The maximum Gasteiger partial charge on any atom is 0.144 e. The Morgan fingerprint density at radius 1 is 1.05 bits per heavy atom. The zero-order valence-corrected chi connectivity index (χ0v) is 11.0. The van der Waals surface area contributed by atoms with E-state index in [-0.39, 0.29) is 15.7 Å². The molecule has 0 saturated carbocycles. The van der Waals surface area contributed by atoms with Crippen LogP contribution in [0.4, 0.5) is 18.9 Å².